The highest BCUT2D eigenvalue weighted by molar-refractivity contribution is 5.99. The first-order valence-corrected chi connectivity index (χ1v) is 8.04. The molecule has 4 rings (SSSR count). The summed E-state index contributed by atoms with van der Waals surface area (Å²) in [6.07, 6.45) is 5.84. The third kappa shape index (κ3) is 2.44. The van der Waals surface area contributed by atoms with Gasteiger partial charge in [-0.3, -0.25) is 9.89 Å². The van der Waals surface area contributed by atoms with Gasteiger partial charge in [-0.25, -0.2) is 9.50 Å². The molecule has 1 amide bonds. The number of benzene rings is 1. The van der Waals surface area contributed by atoms with E-state index in [2.05, 4.69) is 15.4 Å². The van der Waals surface area contributed by atoms with Crippen LogP contribution >= 0.6 is 0 Å². The van der Waals surface area contributed by atoms with Gasteiger partial charge in [0.15, 0.2) is 5.65 Å². The van der Waals surface area contributed by atoms with E-state index in [0.717, 1.165) is 16.9 Å². The Bertz CT molecular complexity index is 922. The summed E-state index contributed by atoms with van der Waals surface area (Å²) >= 11 is 0. The topological polar surface area (TPSA) is 71.4 Å². The summed E-state index contributed by atoms with van der Waals surface area (Å²) < 4.78 is 7.81. The summed E-state index contributed by atoms with van der Waals surface area (Å²) in [5.41, 5.74) is 2.99. The number of imidazole rings is 1. The summed E-state index contributed by atoms with van der Waals surface area (Å²) in [6.45, 7) is 6.12. The van der Waals surface area contributed by atoms with Gasteiger partial charge in [0.25, 0.3) is 5.91 Å². The second-order valence-corrected chi connectivity index (χ2v) is 6.94. The molecule has 0 radical (unpaired) electrons. The maximum Gasteiger partial charge on any atom is 0.257 e. The zero-order valence-corrected chi connectivity index (χ0v) is 14.0. The zero-order valence-electron chi connectivity index (χ0n) is 14.0. The minimum atomic E-state index is -0.334. The molecule has 0 unspecified atom stereocenters. The lowest BCUT2D eigenvalue weighted by Gasteiger charge is -2.38. The monoisotopic (exact) mass is 324 g/mol. The molecule has 6 heteroatoms. The van der Waals surface area contributed by atoms with E-state index in [1.54, 1.807) is 23.1 Å². The maximum atomic E-state index is 12.7. The Morgan fingerprint density at radius 2 is 2.29 bits per heavy atom. The third-order valence-corrected chi connectivity index (χ3v) is 4.41. The molecular weight excluding hydrogens is 304 g/mol. The van der Waals surface area contributed by atoms with Gasteiger partial charge < -0.3 is 10.1 Å². The van der Waals surface area contributed by atoms with Crippen LogP contribution < -0.4 is 10.1 Å². The normalized spacial score (nSPS) is 18.9. The molecule has 1 aliphatic rings. The fraction of sp³-hybridized carbons (Fsp3) is 0.333. The predicted molar refractivity (Wildman–Crippen MR) is 90.3 cm³/mol. The number of H-pyrrole nitrogens is 1. The van der Waals surface area contributed by atoms with Crippen LogP contribution in [-0.2, 0) is 0 Å². The van der Waals surface area contributed by atoms with E-state index in [4.69, 9.17) is 4.74 Å². The second-order valence-electron chi connectivity index (χ2n) is 6.94. The average molecular weight is 324 g/mol. The van der Waals surface area contributed by atoms with Crippen molar-refractivity contribution in [3.63, 3.8) is 0 Å². The van der Waals surface area contributed by atoms with Crippen molar-refractivity contribution in [3.8, 4) is 5.75 Å². The SMILES string of the molecule is Cc1ccc2c(c1)OC(C)(C)C[C@@H]2NC(=O)c1c[nH]n2ccnc12. The van der Waals surface area contributed by atoms with Gasteiger partial charge in [-0.05, 0) is 32.4 Å². The number of hydrogen-bond acceptors (Lipinski definition) is 3. The number of carbonyl (C=O) groups is 1. The van der Waals surface area contributed by atoms with E-state index in [0.29, 0.717) is 17.6 Å². The molecule has 1 aromatic carbocycles. The van der Waals surface area contributed by atoms with Crippen LogP contribution in [0.15, 0.2) is 36.8 Å². The lowest BCUT2D eigenvalue weighted by atomic mass is 9.89. The first-order valence-electron chi connectivity index (χ1n) is 8.04. The highest BCUT2D eigenvalue weighted by Crippen LogP contribution is 2.40. The van der Waals surface area contributed by atoms with Gasteiger partial charge >= 0.3 is 0 Å². The van der Waals surface area contributed by atoms with Gasteiger partial charge in [0.2, 0.25) is 0 Å². The van der Waals surface area contributed by atoms with Crippen molar-refractivity contribution >= 4 is 11.6 Å². The average Bonchev–Trinajstić information content (AvgIpc) is 3.07. The number of aryl methyl sites for hydroxylation is 1. The molecule has 6 nitrogen and oxygen atoms in total. The van der Waals surface area contributed by atoms with Crippen molar-refractivity contribution in [1.29, 1.82) is 0 Å². The van der Waals surface area contributed by atoms with E-state index < -0.39 is 0 Å². The fourth-order valence-electron chi connectivity index (χ4n) is 3.30. The fourth-order valence-corrected chi connectivity index (χ4v) is 3.30. The molecule has 1 aliphatic heterocycles. The van der Waals surface area contributed by atoms with Gasteiger partial charge in [0.1, 0.15) is 16.9 Å². The minimum Gasteiger partial charge on any atom is -0.487 e. The largest absolute Gasteiger partial charge is 0.487 e. The van der Waals surface area contributed by atoms with Gasteiger partial charge in [-0.15, -0.1) is 0 Å². The number of rotatable bonds is 2. The molecule has 0 aliphatic carbocycles. The van der Waals surface area contributed by atoms with E-state index in [1.807, 2.05) is 39.0 Å². The quantitative estimate of drug-likeness (QED) is 0.761. The highest BCUT2D eigenvalue weighted by Gasteiger charge is 2.35. The summed E-state index contributed by atoms with van der Waals surface area (Å²) in [4.78, 5) is 17.0. The summed E-state index contributed by atoms with van der Waals surface area (Å²) in [6, 6.07) is 6.01. The molecule has 0 fully saturated rings. The van der Waals surface area contributed by atoms with Gasteiger partial charge in [0.05, 0.1) is 6.04 Å². The van der Waals surface area contributed by atoms with Crippen LogP contribution in [0.2, 0.25) is 0 Å². The van der Waals surface area contributed by atoms with Crippen LogP contribution in [-0.4, -0.2) is 26.1 Å². The molecule has 3 heterocycles. The standard InChI is InChI=1S/C18H20N4O2/c1-11-4-5-12-14(9-18(2,3)24-15(12)8-11)21-17(23)13-10-20-22-7-6-19-16(13)22/h4-8,10,14,20H,9H2,1-3H3,(H,21,23)/t14-/m0/s1. The zero-order chi connectivity index (χ0) is 16.9. The van der Waals surface area contributed by atoms with Crippen LogP contribution in [0, 0.1) is 6.92 Å². The lowest BCUT2D eigenvalue weighted by molar-refractivity contribution is 0.0619. The molecule has 0 bridgehead atoms. The molecular formula is C18H20N4O2. The Kier molecular flexibility index (Phi) is 3.16. The maximum absolute atomic E-state index is 12.7. The van der Waals surface area contributed by atoms with E-state index in [-0.39, 0.29) is 17.6 Å². The van der Waals surface area contributed by atoms with Crippen molar-refractivity contribution in [3.05, 3.63) is 53.5 Å². The van der Waals surface area contributed by atoms with Gasteiger partial charge in [0, 0.05) is 30.6 Å². The Morgan fingerprint density at radius 1 is 1.46 bits per heavy atom. The Hall–Kier alpha value is -2.76. The molecule has 0 spiro atoms. The van der Waals surface area contributed by atoms with Crippen molar-refractivity contribution in [1.82, 2.24) is 19.9 Å². The van der Waals surface area contributed by atoms with Crippen LogP contribution in [0.1, 0.15) is 47.8 Å². The molecule has 2 N–H and O–H groups in total. The predicted octanol–water partition coefficient (Wildman–Crippen LogP) is 3.00. The first kappa shape index (κ1) is 14.8. The number of amides is 1. The van der Waals surface area contributed by atoms with Crippen LogP contribution in [0.4, 0.5) is 0 Å². The van der Waals surface area contributed by atoms with Crippen molar-refractivity contribution in [2.75, 3.05) is 0 Å². The Balaban J connectivity index is 1.67. The molecule has 0 saturated heterocycles. The number of ether oxygens (including phenoxy) is 1. The smallest absolute Gasteiger partial charge is 0.257 e. The highest BCUT2D eigenvalue weighted by atomic mass is 16.5. The van der Waals surface area contributed by atoms with Crippen molar-refractivity contribution in [2.24, 2.45) is 0 Å². The third-order valence-electron chi connectivity index (χ3n) is 4.41. The van der Waals surface area contributed by atoms with E-state index in [9.17, 15) is 4.79 Å². The van der Waals surface area contributed by atoms with Crippen LogP contribution in [0.3, 0.4) is 0 Å². The van der Waals surface area contributed by atoms with Gasteiger partial charge in [-0.1, -0.05) is 12.1 Å². The summed E-state index contributed by atoms with van der Waals surface area (Å²) in [5, 5.41) is 6.14. The number of nitrogens with zero attached hydrogens (tertiary/aromatic N) is 2. The Labute approximate surface area is 139 Å². The number of carbonyl (C=O) groups excluding carboxylic acids is 1. The second kappa shape index (κ2) is 5.12. The lowest BCUT2D eigenvalue weighted by Crippen LogP contribution is -2.41. The number of aromatic nitrogens is 3. The molecule has 0 saturated carbocycles. The first-order chi connectivity index (χ1) is 11.4. The molecule has 2 aromatic heterocycles. The summed E-state index contributed by atoms with van der Waals surface area (Å²) in [5.74, 6) is 0.707. The molecule has 24 heavy (non-hydrogen) atoms. The van der Waals surface area contributed by atoms with Crippen LogP contribution in [0.5, 0.6) is 5.75 Å². The molecule has 3 aromatic rings. The van der Waals surface area contributed by atoms with E-state index >= 15 is 0 Å². The number of nitrogens with one attached hydrogen (secondary N) is 2. The number of hydrogen-bond donors (Lipinski definition) is 2. The van der Waals surface area contributed by atoms with E-state index in [1.165, 1.54) is 0 Å². The minimum absolute atomic E-state index is 0.0956. The number of aromatic amines is 1. The van der Waals surface area contributed by atoms with Crippen molar-refractivity contribution < 1.29 is 9.53 Å². The Morgan fingerprint density at radius 3 is 3.12 bits per heavy atom. The number of fused-ring (bicyclic) bond motifs is 2. The molecule has 124 valence electrons. The summed E-state index contributed by atoms with van der Waals surface area (Å²) in [7, 11) is 0. The van der Waals surface area contributed by atoms with Gasteiger partial charge in [-0.2, -0.15) is 0 Å². The van der Waals surface area contributed by atoms with Crippen molar-refractivity contribution in [2.45, 2.75) is 38.8 Å². The van der Waals surface area contributed by atoms with Crippen LogP contribution in [0.25, 0.3) is 5.65 Å². The molecule has 1 atom stereocenters.